The van der Waals surface area contributed by atoms with E-state index >= 15 is 0 Å². The maximum atomic E-state index is 12.5. The average molecular weight is 308 g/mol. The summed E-state index contributed by atoms with van der Waals surface area (Å²) in [7, 11) is 1.60. The third-order valence-corrected chi connectivity index (χ3v) is 3.64. The molecule has 1 saturated heterocycles. The van der Waals surface area contributed by atoms with Crippen molar-refractivity contribution in [3.05, 3.63) is 65.2 Å². The molecule has 5 nitrogen and oxygen atoms in total. The molecular weight excluding hydrogens is 292 g/mol. The van der Waals surface area contributed by atoms with Crippen LogP contribution < -0.4 is 15.2 Å². The number of ether oxygens (including phenoxy) is 1. The Kier molecular flexibility index (Phi) is 3.85. The molecule has 2 aromatic rings. The number of hydrazine groups is 1. The molecule has 1 fully saturated rings. The first-order chi connectivity index (χ1) is 11.1. The monoisotopic (exact) mass is 308 g/mol. The van der Waals surface area contributed by atoms with Gasteiger partial charge in [0.2, 0.25) is 0 Å². The van der Waals surface area contributed by atoms with Crippen molar-refractivity contribution in [2.24, 2.45) is 0 Å². The van der Waals surface area contributed by atoms with E-state index < -0.39 is 5.91 Å². The number of methoxy groups -OCH3 is 1. The highest BCUT2D eigenvalue weighted by Gasteiger charge is 2.34. The smallest absolute Gasteiger partial charge is 0.282 e. The van der Waals surface area contributed by atoms with Crippen molar-refractivity contribution in [3.8, 4) is 5.75 Å². The van der Waals surface area contributed by atoms with Gasteiger partial charge in [-0.3, -0.25) is 15.0 Å². The van der Waals surface area contributed by atoms with Crippen LogP contribution >= 0.6 is 0 Å². The molecule has 0 unspecified atom stereocenters. The molecule has 2 amide bonds. The fraction of sp³-hybridized carbons (Fsp3) is 0.111. The topological polar surface area (TPSA) is 58.6 Å². The van der Waals surface area contributed by atoms with E-state index in [0.29, 0.717) is 5.69 Å². The molecule has 0 aliphatic carbocycles. The van der Waals surface area contributed by atoms with Crippen molar-refractivity contribution in [2.75, 3.05) is 12.1 Å². The zero-order valence-electron chi connectivity index (χ0n) is 12.9. The highest BCUT2D eigenvalue weighted by molar-refractivity contribution is 6.31. The number of carbonyl (C=O) groups excluding carboxylic acids is 2. The zero-order valence-corrected chi connectivity index (χ0v) is 12.9. The number of para-hydroxylation sites is 1. The Hall–Kier alpha value is -3.08. The standard InChI is InChI=1S/C18H16N2O3/c1-12-10-13(8-9-16(12)23-2)11-15-17(21)19-20(18(15)22)14-6-4-3-5-7-14/h3-11H,1-2H3,(H,19,21)/b15-11-. The predicted octanol–water partition coefficient (Wildman–Crippen LogP) is 2.47. The number of amides is 2. The Bertz CT molecular complexity index is 797. The number of carbonyl (C=O) groups is 2. The molecule has 2 aromatic carbocycles. The molecule has 0 radical (unpaired) electrons. The van der Waals surface area contributed by atoms with Crippen molar-refractivity contribution >= 4 is 23.6 Å². The molecule has 0 saturated carbocycles. The van der Waals surface area contributed by atoms with Crippen LogP contribution in [0.4, 0.5) is 5.69 Å². The van der Waals surface area contributed by atoms with Crippen LogP contribution in [-0.4, -0.2) is 18.9 Å². The Labute approximate surface area is 134 Å². The molecule has 0 bridgehead atoms. The highest BCUT2D eigenvalue weighted by Crippen LogP contribution is 2.23. The maximum Gasteiger partial charge on any atom is 0.282 e. The minimum absolute atomic E-state index is 0.110. The molecule has 1 aliphatic rings. The molecule has 3 rings (SSSR count). The van der Waals surface area contributed by atoms with Gasteiger partial charge in [-0.25, -0.2) is 5.01 Å². The van der Waals surface area contributed by atoms with E-state index in [-0.39, 0.29) is 11.5 Å². The third-order valence-electron chi connectivity index (χ3n) is 3.64. The number of hydrogen-bond donors (Lipinski definition) is 1. The summed E-state index contributed by atoms with van der Waals surface area (Å²) in [5.41, 5.74) is 5.03. The summed E-state index contributed by atoms with van der Waals surface area (Å²) in [4.78, 5) is 24.6. The maximum absolute atomic E-state index is 12.5. The zero-order chi connectivity index (χ0) is 16.4. The number of nitrogens with zero attached hydrogens (tertiary/aromatic N) is 1. The van der Waals surface area contributed by atoms with Gasteiger partial charge in [-0.2, -0.15) is 0 Å². The number of anilines is 1. The van der Waals surface area contributed by atoms with Gasteiger partial charge >= 0.3 is 0 Å². The highest BCUT2D eigenvalue weighted by atomic mass is 16.5. The predicted molar refractivity (Wildman–Crippen MR) is 87.8 cm³/mol. The van der Waals surface area contributed by atoms with Gasteiger partial charge < -0.3 is 4.74 Å². The lowest BCUT2D eigenvalue weighted by atomic mass is 10.1. The van der Waals surface area contributed by atoms with Crippen LogP contribution in [0.15, 0.2) is 54.1 Å². The molecule has 23 heavy (non-hydrogen) atoms. The van der Waals surface area contributed by atoms with Gasteiger partial charge in [-0.05, 0) is 48.4 Å². The normalized spacial score (nSPS) is 15.9. The van der Waals surface area contributed by atoms with E-state index in [9.17, 15) is 9.59 Å². The molecular formula is C18H16N2O3. The average Bonchev–Trinajstić information content (AvgIpc) is 2.84. The van der Waals surface area contributed by atoms with Crippen molar-refractivity contribution in [2.45, 2.75) is 6.92 Å². The summed E-state index contributed by atoms with van der Waals surface area (Å²) in [6.07, 6.45) is 1.59. The Balaban J connectivity index is 1.92. The van der Waals surface area contributed by atoms with Gasteiger partial charge in [0, 0.05) is 0 Å². The fourth-order valence-electron chi connectivity index (χ4n) is 2.47. The lowest BCUT2D eigenvalue weighted by Crippen LogP contribution is -2.35. The van der Waals surface area contributed by atoms with Crippen LogP contribution in [0.1, 0.15) is 11.1 Å². The molecule has 0 aromatic heterocycles. The van der Waals surface area contributed by atoms with Gasteiger partial charge in [0.1, 0.15) is 11.3 Å². The summed E-state index contributed by atoms with van der Waals surface area (Å²) in [5.74, 6) is -0.0118. The molecule has 116 valence electrons. The lowest BCUT2D eigenvalue weighted by Gasteiger charge is -2.13. The largest absolute Gasteiger partial charge is 0.496 e. The van der Waals surface area contributed by atoms with Crippen LogP contribution in [0.2, 0.25) is 0 Å². The third kappa shape index (κ3) is 2.81. The van der Waals surface area contributed by atoms with E-state index in [1.54, 1.807) is 25.3 Å². The van der Waals surface area contributed by atoms with E-state index in [1.165, 1.54) is 5.01 Å². The molecule has 0 spiro atoms. The van der Waals surface area contributed by atoms with Crippen molar-refractivity contribution in [1.29, 1.82) is 0 Å². The van der Waals surface area contributed by atoms with Gasteiger partial charge in [-0.1, -0.05) is 24.3 Å². The minimum atomic E-state index is -0.410. The molecule has 1 aliphatic heterocycles. The molecule has 1 N–H and O–H groups in total. The van der Waals surface area contributed by atoms with Crippen LogP contribution in [0, 0.1) is 6.92 Å². The second-order valence-corrected chi connectivity index (χ2v) is 5.20. The van der Waals surface area contributed by atoms with Crippen molar-refractivity contribution in [1.82, 2.24) is 5.43 Å². The number of nitrogens with one attached hydrogen (secondary N) is 1. The first kappa shape index (κ1) is 14.8. The molecule has 5 heteroatoms. The fourth-order valence-corrected chi connectivity index (χ4v) is 2.47. The Morgan fingerprint density at radius 3 is 2.48 bits per heavy atom. The van der Waals surface area contributed by atoms with E-state index in [1.807, 2.05) is 43.3 Å². The molecule has 0 atom stereocenters. The van der Waals surface area contributed by atoms with E-state index in [0.717, 1.165) is 16.9 Å². The van der Waals surface area contributed by atoms with Crippen molar-refractivity contribution < 1.29 is 14.3 Å². The molecule has 1 heterocycles. The second kappa shape index (κ2) is 5.96. The van der Waals surface area contributed by atoms with Gasteiger partial charge in [0.05, 0.1) is 12.8 Å². The summed E-state index contributed by atoms with van der Waals surface area (Å²) in [6.45, 7) is 1.91. The quantitative estimate of drug-likeness (QED) is 0.700. The van der Waals surface area contributed by atoms with E-state index in [2.05, 4.69) is 5.43 Å². The number of aryl methyl sites for hydroxylation is 1. The Morgan fingerprint density at radius 2 is 1.83 bits per heavy atom. The summed E-state index contributed by atoms with van der Waals surface area (Å²) < 4.78 is 5.21. The minimum Gasteiger partial charge on any atom is -0.496 e. The first-order valence-electron chi connectivity index (χ1n) is 7.17. The number of hydrogen-bond acceptors (Lipinski definition) is 3. The summed E-state index contributed by atoms with van der Waals surface area (Å²) in [5, 5.41) is 1.25. The Morgan fingerprint density at radius 1 is 1.09 bits per heavy atom. The number of benzene rings is 2. The lowest BCUT2D eigenvalue weighted by molar-refractivity contribution is -0.117. The van der Waals surface area contributed by atoms with Gasteiger partial charge in [-0.15, -0.1) is 0 Å². The summed E-state index contributed by atoms with van der Waals surface area (Å²) >= 11 is 0. The first-order valence-corrected chi connectivity index (χ1v) is 7.17. The van der Waals surface area contributed by atoms with Gasteiger partial charge in [0.25, 0.3) is 11.8 Å². The number of rotatable bonds is 3. The van der Waals surface area contributed by atoms with Crippen molar-refractivity contribution in [3.63, 3.8) is 0 Å². The van der Waals surface area contributed by atoms with Crippen LogP contribution in [0.25, 0.3) is 6.08 Å². The van der Waals surface area contributed by atoms with Crippen LogP contribution in [-0.2, 0) is 9.59 Å². The second-order valence-electron chi connectivity index (χ2n) is 5.20. The van der Waals surface area contributed by atoms with E-state index in [4.69, 9.17) is 4.74 Å². The van der Waals surface area contributed by atoms with Crippen LogP contribution in [0.5, 0.6) is 5.75 Å². The van der Waals surface area contributed by atoms with Crippen LogP contribution in [0.3, 0.4) is 0 Å². The SMILES string of the molecule is COc1ccc(/C=C2/C(=O)NN(c3ccccc3)C2=O)cc1C. The van der Waals surface area contributed by atoms with Gasteiger partial charge in [0.15, 0.2) is 0 Å². The summed E-state index contributed by atoms with van der Waals surface area (Å²) in [6, 6.07) is 14.5.